The molecule has 0 aliphatic heterocycles. The first-order valence-corrected chi connectivity index (χ1v) is 6.52. The zero-order valence-electron chi connectivity index (χ0n) is 11.8. The number of fused-ring (bicyclic) bond motifs is 1. The maximum atomic E-state index is 13.1. The van der Waals surface area contributed by atoms with Gasteiger partial charge in [-0.25, -0.2) is 19.4 Å². The molecule has 0 N–H and O–H groups in total. The summed E-state index contributed by atoms with van der Waals surface area (Å²) in [5, 5.41) is 3.82. The molecule has 10 heteroatoms. The van der Waals surface area contributed by atoms with E-state index in [9.17, 15) is 18.0 Å². The molecule has 23 heavy (non-hydrogen) atoms. The lowest BCUT2D eigenvalue weighted by atomic mass is 10.2. The van der Waals surface area contributed by atoms with Crippen LogP contribution in [0.1, 0.15) is 23.0 Å². The Labute approximate surface area is 127 Å². The van der Waals surface area contributed by atoms with E-state index in [0.29, 0.717) is 0 Å². The Morgan fingerprint density at radius 3 is 2.78 bits per heavy atom. The summed E-state index contributed by atoms with van der Waals surface area (Å²) in [6, 6.07) is 0.895. The highest BCUT2D eigenvalue weighted by Crippen LogP contribution is 2.32. The van der Waals surface area contributed by atoms with E-state index in [2.05, 4.69) is 15.1 Å². The number of alkyl halides is 3. The minimum Gasteiger partial charge on any atom is -0.461 e. The summed E-state index contributed by atoms with van der Waals surface area (Å²) in [7, 11) is 0. The van der Waals surface area contributed by atoms with E-state index in [1.165, 1.54) is 12.7 Å². The second kappa shape index (κ2) is 5.38. The molecule has 3 heterocycles. The average Bonchev–Trinajstić information content (AvgIpc) is 3.15. The molecular weight excluding hydrogens is 315 g/mol. The van der Waals surface area contributed by atoms with Crippen LogP contribution in [-0.2, 0) is 10.9 Å². The Kier molecular flexibility index (Phi) is 3.51. The van der Waals surface area contributed by atoms with Gasteiger partial charge in [0.2, 0.25) is 0 Å². The number of carbonyl (C=O) groups is 1. The first kappa shape index (κ1) is 15.0. The second-order valence-corrected chi connectivity index (χ2v) is 4.51. The highest BCUT2D eigenvalue weighted by Gasteiger charge is 2.33. The van der Waals surface area contributed by atoms with Crippen LogP contribution in [0.25, 0.3) is 11.3 Å². The van der Waals surface area contributed by atoms with E-state index >= 15 is 0 Å². The maximum absolute atomic E-state index is 13.1. The predicted octanol–water partition coefficient (Wildman–Crippen LogP) is 2.11. The number of imidazole rings is 1. The van der Waals surface area contributed by atoms with Gasteiger partial charge in [0, 0.05) is 6.20 Å². The van der Waals surface area contributed by atoms with Crippen LogP contribution in [0.2, 0.25) is 0 Å². The van der Waals surface area contributed by atoms with Gasteiger partial charge < -0.3 is 4.74 Å². The lowest BCUT2D eigenvalue weighted by Crippen LogP contribution is -2.13. The zero-order valence-corrected chi connectivity index (χ0v) is 11.8. The minimum atomic E-state index is -4.60. The number of ether oxygens (including phenoxy) is 1. The molecule has 0 bridgehead atoms. The number of pyridine rings is 1. The number of rotatable bonds is 3. The summed E-state index contributed by atoms with van der Waals surface area (Å²) in [5.41, 5.74) is -0.868. The third-order valence-corrected chi connectivity index (χ3v) is 3.06. The number of aromatic nitrogens is 5. The van der Waals surface area contributed by atoms with Crippen LogP contribution in [0.15, 0.2) is 31.1 Å². The maximum Gasteiger partial charge on any atom is 0.417 e. The molecule has 0 fully saturated rings. The third kappa shape index (κ3) is 2.62. The average molecular weight is 325 g/mol. The van der Waals surface area contributed by atoms with Crippen LogP contribution in [0, 0.1) is 0 Å². The number of esters is 1. The molecule has 0 aliphatic carbocycles. The normalized spacial score (nSPS) is 11.8. The summed E-state index contributed by atoms with van der Waals surface area (Å²) >= 11 is 0. The van der Waals surface area contributed by atoms with Gasteiger partial charge in [0.1, 0.15) is 18.3 Å². The van der Waals surface area contributed by atoms with Gasteiger partial charge in [0.15, 0.2) is 11.3 Å². The molecule has 0 aromatic carbocycles. The van der Waals surface area contributed by atoms with Crippen LogP contribution in [0.3, 0.4) is 0 Å². The highest BCUT2D eigenvalue weighted by molar-refractivity contribution is 5.89. The lowest BCUT2D eigenvalue weighted by Gasteiger charge is -2.11. The number of hydrogen-bond acceptors (Lipinski definition) is 5. The van der Waals surface area contributed by atoms with Crippen molar-refractivity contribution in [3.63, 3.8) is 0 Å². The van der Waals surface area contributed by atoms with Gasteiger partial charge in [-0.15, -0.1) is 0 Å². The number of hydrogen-bond donors (Lipinski definition) is 0. The van der Waals surface area contributed by atoms with Gasteiger partial charge >= 0.3 is 12.1 Å². The van der Waals surface area contributed by atoms with E-state index in [1.807, 2.05) is 0 Å². The molecule has 7 nitrogen and oxygen atoms in total. The van der Waals surface area contributed by atoms with Crippen molar-refractivity contribution in [2.45, 2.75) is 13.1 Å². The van der Waals surface area contributed by atoms with E-state index in [0.717, 1.165) is 27.5 Å². The van der Waals surface area contributed by atoms with Crippen LogP contribution >= 0.6 is 0 Å². The molecular formula is C13H10F3N5O2. The van der Waals surface area contributed by atoms with Crippen LogP contribution < -0.4 is 0 Å². The van der Waals surface area contributed by atoms with Crippen molar-refractivity contribution in [1.29, 1.82) is 0 Å². The van der Waals surface area contributed by atoms with Gasteiger partial charge in [-0.1, -0.05) is 0 Å². The SMILES string of the molecule is CCOC(=O)c1cnc2c(-n3cncn3)cc(C(F)(F)F)cn12. The molecule has 0 amide bonds. The van der Waals surface area contributed by atoms with Crippen molar-refractivity contribution in [2.75, 3.05) is 6.61 Å². The van der Waals surface area contributed by atoms with Crippen LogP contribution in [0.5, 0.6) is 0 Å². The van der Waals surface area contributed by atoms with Gasteiger partial charge in [0.25, 0.3) is 0 Å². The highest BCUT2D eigenvalue weighted by atomic mass is 19.4. The third-order valence-electron chi connectivity index (χ3n) is 3.06. The molecule has 0 aliphatic rings. The number of nitrogens with zero attached hydrogens (tertiary/aromatic N) is 5. The van der Waals surface area contributed by atoms with Crippen LogP contribution in [0.4, 0.5) is 13.2 Å². The molecule has 0 radical (unpaired) electrons. The van der Waals surface area contributed by atoms with Crippen molar-refractivity contribution >= 4 is 11.6 Å². The standard InChI is InChI=1S/C13H10F3N5O2/c1-2-23-12(22)10-4-18-11-9(21-7-17-6-19-21)3-8(5-20(10)11)13(14,15)16/h3-7H,2H2,1H3. The molecule has 0 unspecified atom stereocenters. The Balaban J connectivity index is 2.28. The quantitative estimate of drug-likeness (QED) is 0.690. The van der Waals surface area contributed by atoms with Gasteiger partial charge in [0.05, 0.1) is 18.4 Å². The fourth-order valence-corrected chi connectivity index (χ4v) is 2.08. The van der Waals surface area contributed by atoms with Gasteiger partial charge in [-0.05, 0) is 13.0 Å². The largest absolute Gasteiger partial charge is 0.461 e. The van der Waals surface area contributed by atoms with Crippen molar-refractivity contribution in [3.05, 3.63) is 42.4 Å². The summed E-state index contributed by atoms with van der Waals surface area (Å²) in [4.78, 5) is 19.6. The molecule has 3 aromatic rings. The molecule has 0 spiro atoms. The Bertz CT molecular complexity index is 854. The summed E-state index contributed by atoms with van der Waals surface area (Å²) in [5.74, 6) is -0.760. The lowest BCUT2D eigenvalue weighted by molar-refractivity contribution is -0.137. The number of halogens is 3. The second-order valence-electron chi connectivity index (χ2n) is 4.51. The van der Waals surface area contributed by atoms with Crippen molar-refractivity contribution in [2.24, 2.45) is 0 Å². The van der Waals surface area contributed by atoms with E-state index in [1.54, 1.807) is 6.92 Å². The Hall–Kier alpha value is -2.91. The monoisotopic (exact) mass is 325 g/mol. The Morgan fingerprint density at radius 1 is 1.39 bits per heavy atom. The van der Waals surface area contributed by atoms with Gasteiger partial charge in [-0.2, -0.15) is 18.3 Å². The molecule has 3 aromatic heterocycles. The Morgan fingerprint density at radius 2 is 2.17 bits per heavy atom. The molecule has 120 valence electrons. The summed E-state index contributed by atoms with van der Waals surface area (Å²) < 4.78 is 46.4. The van der Waals surface area contributed by atoms with Crippen molar-refractivity contribution < 1.29 is 22.7 Å². The number of carbonyl (C=O) groups excluding carboxylic acids is 1. The first-order chi connectivity index (χ1) is 10.9. The first-order valence-electron chi connectivity index (χ1n) is 6.52. The smallest absolute Gasteiger partial charge is 0.417 e. The van der Waals surface area contributed by atoms with E-state index in [4.69, 9.17) is 4.74 Å². The van der Waals surface area contributed by atoms with Crippen LogP contribution in [-0.4, -0.2) is 36.7 Å². The summed E-state index contributed by atoms with van der Waals surface area (Å²) in [6.45, 7) is 1.70. The molecule has 0 atom stereocenters. The predicted molar refractivity (Wildman–Crippen MR) is 71.1 cm³/mol. The van der Waals surface area contributed by atoms with Crippen molar-refractivity contribution in [3.8, 4) is 5.69 Å². The fourth-order valence-electron chi connectivity index (χ4n) is 2.08. The minimum absolute atomic E-state index is 0.0490. The van der Waals surface area contributed by atoms with E-state index in [-0.39, 0.29) is 23.6 Å². The van der Waals surface area contributed by atoms with Gasteiger partial charge in [-0.3, -0.25) is 4.40 Å². The topological polar surface area (TPSA) is 74.3 Å². The molecule has 3 rings (SSSR count). The molecule has 0 saturated heterocycles. The molecule has 0 saturated carbocycles. The summed E-state index contributed by atoms with van der Waals surface area (Å²) in [6.07, 6.45) is -0.206. The zero-order chi connectivity index (χ0) is 16.6. The van der Waals surface area contributed by atoms with E-state index < -0.39 is 17.7 Å². The fraction of sp³-hybridized carbons (Fsp3) is 0.231. The van der Waals surface area contributed by atoms with Crippen molar-refractivity contribution in [1.82, 2.24) is 24.1 Å².